The van der Waals surface area contributed by atoms with Gasteiger partial charge in [0, 0.05) is 23.0 Å². The van der Waals surface area contributed by atoms with Gasteiger partial charge in [0.2, 0.25) is 0 Å². The third kappa shape index (κ3) is 4.46. The van der Waals surface area contributed by atoms with Crippen LogP contribution in [0.2, 0.25) is 0 Å². The van der Waals surface area contributed by atoms with E-state index in [2.05, 4.69) is 40.3 Å². The molecule has 21 heavy (non-hydrogen) atoms. The van der Waals surface area contributed by atoms with Gasteiger partial charge in [-0.1, -0.05) is 0 Å². The molecule has 5 heteroatoms. The van der Waals surface area contributed by atoms with Crippen molar-refractivity contribution in [1.29, 1.82) is 0 Å². The van der Waals surface area contributed by atoms with E-state index in [1.165, 1.54) is 8.66 Å². The zero-order valence-corrected chi connectivity index (χ0v) is 14.9. The minimum absolute atomic E-state index is 0.207. The van der Waals surface area contributed by atoms with Gasteiger partial charge in [-0.15, -0.1) is 11.3 Å². The Balaban J connectivity index is 1.97. The first kappa shape index (κ1) is 16.3. The predicted molar refractivity (Wildman–Crippen MR) is 91.7 cm³/mol. The van der Waals surface area contributed by atoms with Crippen LogP contribution >= 0.6 is 27.3 Å². The summed E-state index contributed by atoms with van der Waals surface area (Å²) in [5, 5.41) is 3.54. The molecule has 0 aliphatic heterocycles. The largest absolute Gasteiger partial charge is 0.497 e. The fourth-order valence-electron chi connectivity index (χ4n) is 2.19. The van der Waals surface area contributed by atoms with Gasteiger partial charge in [0.25, 0.3) is 0 Å². The molecule has 0 radical (unpaired) electrons. The molecule has 2 rings (SSSR count). The molecule has 0 amide bonds. The monoisotopic (exact) mass is 369 g/mol. The number of thiophene rings is 1. The summed E-state index contributed by atoms with van der Waals surface area (Å²) < 4.78 is 11.9. The van der Waals surface area contributed by atoms with Crippen LogP contribution in [0.25, 0.3) is 0 Å². The topological polar surface area (TPSA) is 30.5 Å². The molecule has 2 aromatic rings. The van der Waals surface area contributed by atoms with E-state index in [4.69, 9.17) is 9.47 Å². The molecule has 0 aliphatic carbocycles. The maximum absolute atomic E-state index is 5.43. The Kier molecular flexibility index (Phi) is 6.08. The molecule has 1 atom stereocenters. The minimum Gasteiger partial charge on any atom is -0.497 e. The number of methoxy groups -OCH3 is 2. The maximum Gasteiger partial charge on any atom is 0.123 e. The first-order valence-electron chi connectivity index (χ1n) is 6.83. The van der Waals surface area contributed by atoms with Gasteiger partial charge in [0.1, 0.15) is 11.5 Å². The lowest BCUT2D eigenvalue weighted by Crippen LogP contribution is -2.21. The van der Waals surface area contributed by atoms with Crippen LogP contribution in [0.1, 0.15) is 23.4 Å². The maximum atomic E-state index is 5.43. The Morgan fingerprint density at radius 1 is 1.19 bits per heavy atom. The van der Waals surface area contributed by atoms with E-state index < -0.39 is 0 Å². The van der Waals surface area contributed by atoms with E-state index in [0.29, 0.717) is 0 Å². The van der Waals surface area contributed by atoms with Crippen molar-refractivity contribution >= 4 is 27.3 Å². The van der Waals surface area contributed by atoms with Crippen LogP contribution in [-0.2, 0) is 6.42 Å². The Hall–Kier alpha value is -1.04. The Labute approximate surface area is 138 Å². The molecule has 0 fully saturated rings. The molecule has 0 aliphatic rings. The fraction of sp³-hybridized carbons (Fsp3) is 0.375. The van der Waals surface area contributed by atoms with Crippen LogP contribution in [-0.4, -0.2) is 20.8 Å². The van der Waals surface area contributed by atoms with Crippen LogP contribution in [0.4, 0.5) is 0 Å². The average molecular weight is 370 g/mol. The Morgan fingerprint density at radius 3 is 2.62 bits per heavy atom. The number of ether oxygens (including phenoxy) is 2. The van der Waals surface area contributed by atoms with Crippen molar-refractivity contribution in [2.24, 2.45) is 0 Å². The van der Waals surface area contributed by atoms with Gasteiger partial charge in [0.05, 0.1) is 18.0 Å². The van der Waals surface area contributed by atoms with Gasteiger partial charge in [0.15, 0.2) is 0 Å². The molecular weight excluding hydrogens is 350 g/mol. The highest BCUT2D eigenvalue weighted by molar-refractivity contribution is 9.11. The van der Waals surface area contributed by atoms with Gasteiger partial charge < -0.3 is 14.8 Å². The van der Waals surface area contributed by atoms with E-state index in [9.17, 15) is 0 Å². The number of rotatable bonds is 7. The van der Waals surface area contributed by atoms with Crippen molar-refractivity contribution in [1.82, 2.24) is 5.32 Å². The molecular formula is C16H20BrNO2S. The summed E-state index contributed by atoms with van der Waals surface area (Å²) in [5.41, 5.74) is 1.12. The Morgan fingerprint density at radius 2 is 2.00 bits per heavy atom. The molecule has 3 nitrogen and oxygen atoms in total. The van der Waals surface area contributed by atoms with E-state index in [1.807, 2.05) is 18.2 Å². The summed E-state index contributed by atoms with van der Waals surface area (Å²) in [5.74, 6) is 1.73. The quantitative estimate of drug-likeness (QED) is 0.783. The van der Waals surface area contributed by atoms with Gasteiger partial charge in [-0.3, -0.25) is 0 Å². The van der Waals surface area contributed by atoms with E-state index in [1.54, 1.807) is 25.6 Å². The van der Waals surface area contributed by atoms with Crippen molar-refractivity contribution in [3.63, 3.8) is 0 Å². The van der Waals surface area contributed by atoms with Gasteiger partial charge in [-0.2, -0.15) is 0 Å². The lowest BCUT2D eigenvalue weighted by Gasteiger charge is -2.18. The number of nitrogens with one attached hydrogen (secondary N) is 1. The second kappa shape index (κ2) is 7.82. The van der Waals surface area contributed by atoms with Crippen LogP contribution in [0, 0.1) is 0 Å². The number of halogens is 1. The van der Waals surface area contributed by atoms with Crippen LogP contribution in [0.3, 0.4) is 0 Å². The summed E-state index contributed by atoms with van der Waals surface area (Å²) in [6.45, 7) is 3.07. The lowest BCUT2D eigenvalue weighted by atomic mass is 10.1. The molecule has 0 saturated carbocycles. The van der Waals surface area contributed by atoms with Crippen molar-refractivity contribution in [3.8, 4) is 11.5 Å². The molecule has 114 valence electrons. The number of hydrogen-bond acceptors (Lipinski definition) is 4. The van der Waals surface area contributed by atoms with E-state index in [0.717, 1.165) is 30.0 Å². The fourth-order valence-corrected chi connectivity index (χ4v) is 3.67. The normalized spacial score (nSPS) is 12.2. The first-order valence-corrected chi connectivity index (χ1v) is 8.44. The standard InChI is InChI=1S/C16H20BrNO2S/c1-11(18-9-8-13-5-7-16(17)21-13)14-10-12(19-2)4-6-15(14)20-3/h4-7,10-11,18H,8-9H2,1-3H3. The third-order valence-corrected chi connectivity index (χ3v) is 5.04. The zero-order chi connectivity index (χ0) is 15.2. The van der Waals surface area contributed by atoms with Crippen molar-refractivity contribution in [3.05, 3.63) is 44.6 Å². The molecule has 0 saturated heterocycles. The summed E-state index contributed by atoms with van der Waals surface area (Å²) in [6, 6.07) is 10.3. The highest BCUT2D eigenvalue weighted by Crippen LogP contribution is 2.29. The summed E-state index contributed by atoms with van der Waals surface area (Å²) in [6.07, 6.45) is 1.02. The Bertz CT molecular complexity index is 585. The smallest absolute Gasteiger partial charge is 0.123 e. The zero-order valence-electron chi connectivity index (χ0n) is 12.5. The average Bonchev–Trinajstić information content (AvgIpc) is 2.91. The van der Waals surface area contributed by atoms with Crippen LogP contribution < -0.4 is 14.8 Å². The van der Waals surface area contributed by atoms with Crippen molar-refractivity contribution in [2.75, 3.05) is 20.8 Å². The summed E-state index contributed by atoms with van der Waals surface area (Å²) in [7, 11) is 3.37. The molecule has 0 bridgehead atoms. The second-order valence-corrected chi connectivity index (χ2v) is 7.29. The SMILES string of the molecule is COc1ccc(OC)c(C(C)NCCc2ccc(Br)s2)c1. The van der Waals surface area contributed by atoms with Gasteiger partial charge in [-0.25, -0.2) is 0 Å². The van der Waals surface area contributed by atoms with Crippen LogP contribution in [0.5, 0.6) is 11.5 Å². The molecule has 1 aromatic carbocycles. The highest BCUT2D eigenvalue weighted by Gasteiger charge is 2.12. The summed E-state index contributed by atoms with van der Waals surface area (Å²) in [4.78, 5) is 1.37. The highest BCUT2D eigenvalue weighted by atomic mass is 79.9. The van der Waals surface area contributed by atoms with Crippen LogP contribution in [0.15, 0.2) is 34.1 Å². The van der Waals surface area contributed by atoms with Crippen molar-refractivity contribution in [2.45, 2.75) is 19.4 Å². The minimum atomic E-state index is 0.207. The van der Waals surface area contributed by atoms with E-state index in [-0.39, 0.29) is 6.04 Å². The summed E-state index contributed by atoms with van der Waals surface area (Å²) >= 11 is 5.27. The number of benzene rings is 1. The van der Waals surface area contributed by atoms with Gasteiger partial charge >= 0.3 is 0 Å². The number of hydrogen-bond donors (Lipinski definition) is 1. The molecule has 1 N–H and O–H groups in total. The predicted octanol–water partition coefficient (Wildman–Crippen LogP) is 4.42. The molecule has 1 aromatic heterocycles. The first-order chi connectivity index (χ1) is 10.1. The molecule has 0 spiro atoms. The lowest BCUT2D eigenvalue weighted by molar-refractivity contribution is 0.392. The van der Waals surface area contributed by atoms with Crippen molar-refractivity contribution < 1.29 is 9.47 Å². The third-order valence-electron chi connectivity index (χ3n) is 3.35. The second-order valence-electron chi connectivity index (χ2n) is 4.74. The molecule has 1 unspecified atom stereocenters. The van der Waals surface area contributed by atoms with E-state index >= 15 is 0 Å². The molecule has 1 heterocycles. The van der Waals surface area contributed by atoms with Gasteiger partial charge in [-0.05, 0) is 59.6 Å².